The molecule has 2 aromatic heterocycles. The van der Waals surface area contributed by atoms with E-state index in [-0.39, 0.29) is 5.56 Å². The molecule has 158 valence electrons. The zero-order valence-corrected chi connectivity index (χ0v) is 18.5. The van der Waals surface area contributed by atoms with Gasteiger partial charge in [0, 0.05) is 16.3 Å². The van der Waals surface area contributed by atoms with Crippen molar-refractivity contribution >= 4 is 22.8 Å². The van der Waals surface area contributed by atoms with Gasteiger partial charge in [-0.05, 0) is 47.9 Å². The smallest absolute Gasteiger partial charge is 0.283 e. The van der Waals surface area contributed by atoms with E-state index in [1.54, 1.807) is 23.0 Å². The van der Waals surface area contributed by atoms with E-state index in [0.29, 0.717) is 33.6 Å². The highest BCUT2D eigenvalue weighted by Crippen LogP contribution is 2.26. The van der Waals surface area contributed by atoms with Gasteiger partial charge in [0.15, 0.2) is 11.2 Å². The first kappa shape index (κ1) is 20.2. The van der Waals surface area contributed by atoms with Crippen LogP contribution in [0.1, 0.15) is 25.3 Å². The maximum Gasteiger partial charge on any atom is 0.286 e. The monoisotopic (exact) mass is 440 g/mol. The molecule has 6 heteroatoms. The van der Waals surface area contributed by atoms with Gasteiger partial charge >= 0.3 is 0 Å². The number of hydrogen-bond acceptors (Lipinski definition) is 3. The Hall–Kier alpha value is -3.70. The number of para-hydroxylation sites is 1. The molecule has 0 atom stereocenters. The first-order valence-corrected chi connectivity index (χ1v) is 10.8. The van der Waals surface area contributed by atoms with Crippen LogP contribution in [0.25, 0.3) is 33.9 Å². The fourth-order valence-electron chi connectivity index (χ4n) is 3.77. The van der Waals surface area contributed by atoms with Crippen LogP contribution in [0.4, 0.5) is 0 Å². The van der Waals surface area contributed by atoms with Crippen molar-refractivity contribution in [1.82, 2.24) is 19.1 Å². The molecule has 32 heavy (non-hydrogen) atoms. The molecule has 0 saturated heterocycles. The predicted octanol–water partition coefficient (Wildman–Crippen LogP) is 6.02. The summed E-state index contributed by atoms with van der Waals surface area (Å²) in [5, 5.41) is 0.604. The molecule has 0 saturated carbocycles. The van der Waals surface area contributed by atoms with Gasteiger partial charge in [0.2, 0.25) is 0 Å². The van der Waals surface area contributed by atoms with Crippen LogP contribution >= 0.6 is 11.6 Å². The molecular formula is C26H21ClN4O. The molecule has 0 N–H and O–H groups in total. The SMILES string of the molecule is CC(C)c1ccc(-c2nc3c(ncn3-c3ccccc3)c(=O)n2-c2ccc(Cl)cc2)cc1. The van der Waals surface area contributed by atoms with Gasteiger partial charge in [-0.3, -0.25) is 13.9 Å². The molecule has 0 spiro atoms. The van der Waals surface area contributed by atoms with Gasteiger partial charge in [-0.1, -0.05) is 67.9 Å². The summed E-state index contributed by atoms with van der Waals surface area (Å²) in [6.07, 6.45) is 1.65. The number of rotatable bonds is 4. The molecule has 0 radical (unpaired) electrons. The summed E-state index contributed by atoms with van der Waals surface area (Å²) in [5.41, 5.74) is 4.27. The van der Waals surface area contributed by atoms with E-state index in [9.17, 15) is 4.79 Å². The molecular weight excluding hydrogens is 420 g/mol. The first-order valence-electron chi connectivity index (χ1n) is 10.4. The van der Waals surface area contributed by atoms with Crippen molar-refractivity contribution in [2.45, 2.75) is 19.8 Å². The van der Waals surface area contributed by atoms with Crippen LogP contribution in [0.15, 0.2) is 90.0 Å². The van der Waals surface area contributed by atoms with E-state index in [1.165, 1.54) is 5.56 Å². The molecule has 5 nitrogen and oxygen atoms in total. The first-order chi connectivity index (χ1) is 15.5. The van der Waals surface area contributed by atoms with Crippen LogP contribution in [0.5, 0.6) is 0 Å². The molecule has 0 bridgehead atoms. The normalized spacial score (nSPS) is 11.4. The van der Waals surface area contributed by atoms with Gasteiger partial charge in [-0.15, -0.1) is 0 Å². The van der Waals surface area contributed by atoms with E-state index in [4.69, 9.17) is 16.6 Å². The summed E-state index contributed by atoms with van der Waals surface area (Å²) >= 11 is 6.09. The number of aromatic nitrogens is 4. The molecule has 5 rings (SSSR count). The number of fused-ring (bicyclic) bond motifs is 1. The quantitative estimate of drug-likeness (QED) is 0.343. The summed E-state index contributed by atoms with van der Waals surface area (Å²) in [6.45, 7) is 4.31. The molecule has 0 aliphatic carbocycles. The van der Waals surface area contributed by atoms with Gasteiger partial charge in [0.1, 0.15) is 12.2 Å². The van der Waals surface area contributed by atoms with Crippen LogP contribution in [-0.4, -0.2) is 19.1 Å². The molecule has 5 aromatic rings. The summed E-state index contributed by atoms with van der Waals surface area (Å²) in [5.74, 6) is 0.968. The van der Waals surface area contributed by atoms with Gasteiger partial charge in [0.05, 0.1) is 5.69 Å². The van der Waals surface area contributed by atoms with Crippen LogP contribution < -0.4 is 5.56 Å². The highest BCUT2D eigenvalue weighted by molar-refractivity contribution is 6.30. The number of halogens is 1. The lowest BCUT2D eigenvalue weighted by Crippen LogP contribution is -2.22. The predicted molar refractivity (Wildman–Crippen MR) is 129 cm³/mol. The second-order valence-electron chi connectivity index (χ2n) is 7.95. The van der Waals surface area contributed by atoms with Crippen molar-refractivity contribution in [2.75, 3.05) is 0 Å². The summed E-state index contributed by atoms with van der Waals surface area (Å²) in [4.78, 5) is 23.0. The van der Waals surface area contributed by atoms with E-state index < -0.39 is 0 Å². The maximum absolute atomic E-state index is 13.6. The van der Waals surface area contributed by atoms with Crippen LogP contribution in [0.2, 0.25) is 5.02 Å². The second-order valence-corrected chi connectivity index (χ2v) is 8.39. The third-order valence-electron chi connectivity index (χ3n) is 5.53. The van der Waals surface area contributed by atoms with Crippen molar-refractivity contribution in [2.24, 2.45) is 0 Å². The minimum Gasteiger partial charge on any atom is -0.283 e. The lowest BCUT2D eigenvalue weighted by molar-refractivity contribution is 0.866. The Morgan fingerprint density at radius 1 is 0.844 bits per heavy atom. The summed E-state index contributed by atoms with van der Waals surface area (Å²) < 4.78 is 3.44. The average Bonchev–Trinajstić information content (AvgIpc) is 3.25. The van der Waals surface area contributed by atoms with Gasteiger partial charge < -0.3 is 0 Å². The van der Waals surface area contributed by atoms with E-state index >= 15 is 0 Å². The number of imidazole rings is 1. The van der Waals surface area contributed by atoms with E-state index in [0.717, 1.165) is 11.3 Å². The Morgan fingerprint density at radius 2 is 1.53 bits per heavy atom. The molecule has 0 amide bonds. The molecule has 0 unspecified atom stereocenters. The van der Waals surface area contributed by atoms with Crippen molar-refractivity contribution in [3.8, 4) is 22.8 Å². The summed E-state index contributed by atoms with van der Waals surface area (Å²) in [7, 11) is 0. The van der Waals surface area contributed by atoms with Crippen LogP contribution in [0.3, 0.4) is 0 Å². The van der Waals surface area contributed by atoms with Crippen molar-refractivity contribution in [1.29, 1.82) is 0 Å². The Morgan fingerprint density at radius 3 is 2.19 bits per heavy atom. The zero-order valence-electron chi connectivity index (χ0n) is 17.7. The van der Waals surface area contributed by atoms with E-state index in [2.05, 4.69) is 31.0 Å². The highest BCUT2D eigenvalue weighted by atomic mass is 35.5. The van der Waals surface area contributed by atoms with Gasteiger partial charge in [-0.25, -0.2) is 9.97 Å². The second kappa shape index (κ2) is 8.09. The fraction of sp³-hybridized carbons (Fsp3) is 0.115. The number of benzene rings is 3. The lowest BCUT2D eigenvalue weighted by atomic mass is 10.0. The average molecular weight is 441 g/mol. The minimum atomic E-state index is -0.227. The van der Waals surface area contributed by atoms with Crippen molar-refractivity contribution in [3.05, 3.63) is 106 Å². The molecule has 2 heterocycles. The third-order valence-corrected chi connectivity index (χ3v) is 5.78. The molecule has 0 fully saturated rings. The number of nitrogens with zero attached hydrogens (tertiary/aromatic N) is 4. The molecule has 0 aliphatic heterocycles. The summed E-state index contributed by atoms with van der Waals surface area (Å²) in [6, 6.07) is 25.1. The Kier molecular flexibility index (Phi) is 5.11. The lowest BCUT2D eigenvalue weighted by Gasteiger charge is -2.14. The fourth-order valence-corrected chi connectivity index (χ4v) is 3.90. The molecule has 3 aromatic carbocycles. The Balaban J connectivity index is 1.81. The largest absolute Gasteiger partial charge is 0.286 e. The topological polar surface area (TPSA) is 52.7 Å². The Bertz CT molecular complexity index is 1450. The zero-order chi connectivity index (χ0) is 22.2. The maximum atomic E-state index is 13.6. The van der Waals surface area contributed by atoms with E-state index in [1.807, 2.05) is 59.2 Å². The minimum absolute atomic E-state index is 0.227. The number of hydrogen-bond donors (Lipinski definition) is 0. The highest BCUT2D eigenvalue weighted by Gasteiger charge is 2.19. The standard InChI is InChI=1S/C26H21ClN4O/c1-17(2)18-8-10-19(11-9-18)24-29-25-23(28-16-30(25)21-6-4-3-5-7-21)26(32)31(24)22-14-12-20(27)13-15-22/h3-17H,1-2H3. The Labute approximate surface area is 190 Å². The van der Waals surface area contributed by atoms with Gasteiger partial charge in [-0.2, -0.15) is 0 Å². The van der Waals surface area contributed by atoms with Crippen molar-refractivity contribution in [3.63, 3.8) is 0 Å². The molecule has 0 aliphatic rings. The van der Waals surface area contributed by atoms with Crippen LogP contribution in [-0.2, 0) is 0 Å². The van der Waals surface area contributed by atoms with Crippen molar-refractivity contribution < 1.29 is 0 Å². The van der Waals surface area contributed by atoms with Crippen LogP contribution in [0, 0.1) is 0 Å². The third kappa shape index (κ3) is 3.51. The van der Waals surface area contributed by atoms with Gasteiger partial charge in [0.25, 0.3) is 5.56 Å².